The molecule has 138 valence electrons. The van der Waals surface area contributed by atoms with Crippen LogP contribution in [0.3, 0.4) is 0 Å². The summed E-state index contributed by atoms with van der Waals surface area (Å²) < 4.78 is 34.5. The van der Waals surface area contributed by atoms with Gasteiger partial charge in [0, 0.05) is 25.2 Å². The zero-order valence-electron chi connectivity index (χ0n) is 15.0. The molecule has 6 nitrogen and oxygen atoms in total. The Balaban J connectivity index is 2.04. The van der Waals surface area contributed by atoms with E-state index in [1.807, 2.05) is 51.1 Å². The SMILES string of the molecule is CCn1c(=O)oc2cc(S(=O)(=O)N(Cc3ccccc3)C(C)C)ccc21. The third kappa shape index (κ3) is 3.32. The largest absolute Gasteiger partial charge is 0.419 e. The molecule has 0 spiro atoms. The molecule has 0 bridgehead atoms. The smallest absolute Gasteiger partial charge is 0.408 e. The van der Waals surface area contributed by atoms with Crippen molar-refractivity contribution in [1.82, 2.24) is 8.87 Å². The van der Waals surface area contributed by atoms with Gasteiger partial charge in [-0.15, -0.1) is 0 Å². The maximum absolute atomic E-state index is 13.2. The van der Waals surface area contributed by atoms with Crippen LogP contribution in [0.1, 0.15) is 26.3 Å². The summed E-state index contributed by atoms with van der Waals surface area (Å²) in [5, 5.41) is 0. The number of nitrogens with zero attached hydrogens (tertiary/aromatic N) is 2. The molecule has 0 fully saturated rings. The van der Waals surface area contributed by atoms with Crippen molar-refractivity contribution in [2.45, 2.75) is 44.8 Å². The van der Waals surface area contributed by atoms with Crippen LogP contribution in [0.5, 0.6) is 0 Å². The van der Waals surface area contributed by atoms with Gasteiger partial charge < -0.3 is 4.42 Å². The Bertz CT molecular complexity index is 1070. The molecule has 0 atom stereocenters. The van der Waals surface area contributed by atoms with Gasteiger partial charge in [0.25, 0.3) is 0 Å². The van der Waals surface area contributed by atoms with E-state index in [-0.39, 0.29) is 23.1 Å². The Morgan fingerprint density at radius 3 is 2.42 bits per heavy atom. The molecular formula is C19H22N2O4S. The van der Waals surface area contributed by atoms with E-state index in [2.05, 4.69) is 0 Å². The van der Waals surface area contributed by atoms with Crippen molar-refractivity contribution < 1.29 is 12.8 Å². The average Bonchev–Trinajstić information content (AvgIpc) is 2.94. The highest BCUT2D eigenvalue weighted by atomic mass is 32.2. The highest BCUT2D eigenvalue weighted by molar-refractivity contribution is 7.89. The quantitative estimate of drug-likeness (QED) is 0.664. The second-order valence-corrected chi connectivity index (χ2v) is 8.26. The van der Waals surface area contributed by atoms with Crippen LogP contribution >= 0.6 is 0 Å². The number of hydrogen-bond donors (Lipinski definition) is 0. The fourth-order valence-corrected chi connectivity index (χ4v) is 4.59. The van der Waals surface area contributed by atoms with Crippen LogP contribution in [0.25, 0.3) is 11.1 Å². The van der Waals surface area contributed by atoms with E-state index < -0.39 is 15.8 Å². The zero-order chi connectivity index (χ0) is 18.9. The first kappa shape index (κ1) is 18.4. The maximum atomic E-state index is 13.2. The van der Waals surface area contributed by atoms with Crippen molar-refractivity contribution in [2.75, 3.05) is 0 Å². The van der Waals surface area contributed by atoms with E-state index in [1.165, 1.54) is 21.0 Å². The first-order valence-electron chi connectivity index (χ1n) is 8.53. The van der Waals surface area contributed by atoms with Crippen LogP contribution in [0.2, 0.25) is 0 Å². The van der Waals surface area contributed by atoms with Crippen molar-refractivity contribution in [3.05, 3.63) is 64.6 Å². The predicted octanol–water partition coefficient (Wildman–Crippen LogP) is 3.21. The summed E-state index contributed by atoms with van der Waals surface area (Å²) in [4.78, 5) is 12.0. The number of benzene rings is 2. The first-order chi connectivity index (χ1) is 12.3. The van der Waals surface area contributed by atoms with Crippen LogP contribution < -0.4 is 5.76 Å². The van der Waals surface area contributed by atoms with Gasteiger partial charge in [-0.2, -0.15) is 4.31 Å². The molecule has 2 aromatic carbocycles. The minimum absolute atomic E-state index is 0.117. The molecule has 0 aliphatic heterocycles. The number of sulfonamides is 1. The van der Waals surface area contributed by atoms with Gasteiger partial charge in [0.15, 0.2) is 5.58 Å². The molecule has 3 aromatic rings. The van der Waals surface area contributed by atoms with E-state index in [4.69, 9.17) is 4.42 Å². The van der Waals surface area contributed by atoms with E-state index in [1.54, 1.807) is 6.07 Å². The van der Waals surface area contributed by atoms with Crippen molar-refractivity contribution in [2.24, 2.45) is 0 Å². The topological polar surface area (TPSA) is 72.5 Å². The standard InChI is InChI=1S/C19H22N2O4S/c1-4-20-17-11-10-16(12-18(17)25-19(20)22)26(23,24)21(14(2)3)13-15-8-6-5-7-9-15/h5-12,14H,4,13H2,1-3H3. The number of aromatic nitrogens is 1. The van der Waals surface area contributed by atoms with E-state index in [0.717, 1.165) is 5.56 Å². The summed E-state index contributed by atoms with van der Waals surface area (Å²) in [5.74, 6) is -0.484. The van der Waals surface area contributed by atoms with E-state index in [9.17, 15) is 13.2 Å². The van der Waals surface area contributed by atoms with Gasteiger partial charge >= 0.3 is 5.76 Å². The van der Waals surface area contributed by atoms with E-state index in [0.29, 0.717) is 12.1 Å². The number of aryl methyl sites for hydroxylation is 1. The second-order valence-electron chi connectivity index (χ2n) is 6.37. The van der Waals surface area contributed by atoms with Crippen LogP contribution in [-0.2, 0) is 23.1 Å². The van der Waals surface area contributed by atoms with Gasteiger partial charge in [0.05, 0.1) is 10.4 Å². The monoisotopic (exact) mass is 374 g/mol. The lowest BCUT2D eigenvalue weighted by atomic mass is 10.2. The molecule has 0 saturated heterocycles. The summed E-state index contributed by atoms with van der Waals surface area (Å²) in [7, 11) is -3.74. The van der Waals surface area contributed by atoms with Gasteiger partial charge in [-0.05, 0) is 38.5 Å². The number of hydrogen-bond acceptors (Lipinski definition) is 4. The molecule has 26 heavy (non-hydrogen) atoms. The highest BCUT2D eigenvalue weighted by Crippen LogP contribution is 2.24. The minimum atomic E-state index is -3.74. The molecule has 7 heteroatoms. The van der Waals surface area contributed by atoms with Crippen molar-refractivity contribution in [1.29, 1.82) is 0 Å². The second kappa shape index (κ2) is 7.09. The van der Waals surface area contributed by atoms with Gasteiger partial charge in [-0.3, -0.25) is 4.57 Å². The van der Waals surface area contributed by atoms with Gasteiger partial charge in [0.1, 0.15) is 0 Å². The van der Waals surface area contributed by atoms with Crippen LogP contribution in [0.15, 0.2) is 62.6 Å². The Labute approximate surface area is 152 Å². The normalized spacial score (nSPS) is 12.3. The lowest BCUT2D eigenvalue weighted by Crippen LogP contribution is -2.36. The van der Waals surface area contributed by atoms with Crippen LogP contribution in [-0.4, -0.2) is 23.3 Å². The molecule has 0 radical (unpaired) electrons. The minimum Gasteiger partial charge on any atom is -0.408 e. The average molecular weight is 374 g/mol. The third-order valence-corrected chi connectivity index (χ3v) is 6.34. The summed E-state index contributed by atoms with van der Waals surface area (Å²) >= 11 is 0. The number of fused-ring (bicyclic) bond motifs is 1. The molecule has 0 aliphatic carbocycles. The summed E-state index contributed by atoms with van der Waals surface area (Å²) in [6.45, 7) is 6.25. The molecule has 0 amide bonds. The van der Waals surface area contributed by atoms with Crippen LogP contribution in [0, 0.1) is 0 Å². The Kier molecular flexibility index (Phi) is 5.02. The summed E-state index contributed by atoms with van der Waals surface area (Å²) in [6, 6.07) is 13.8. The van der Waals surface area contributed by atoms with Crippen molar-refractivity contribution in [3.8, 4) is 0 Å². The fourth-order valence-electron chi connectivity index (χ4n) is 2.95. The Morgan fingerprint density at radius 2 is 1.81 bits per heavy atom. The fraction of sp³-hybridized carbons (Fsp3) is 0.316. The van der Waals surface area contributed by atoms with Crippen molar-refractivity contribution >= 4 is 21.1 Å². The van der Waals surface area contributed by atoms with E-state index >= 15 is 0 Å². The van der Waals surface area contributed by atoms with Crippen LogP contribution in [0.4, 0.5) is 0 Å². The lowest BCUT2D eigenvalue weighted by Gasteiger charge is -2.26. The Hall–Kier alpha value is -2.38. The molecule has 0 aliphatic rings. The number of oxazole rings is 1. The predicted molar refractivity (Wildman–Crippen MR) is 100 cm³/mol. The lowest BCUT2D eigenvalue weighted by molar-refractivity contribution is 0.348. The summed E-state index contributed by atoms with van der Waals surface area (Å²) in [6.07, 6.45) is 0. The zero-order valence-corrected chi connectivity index (χ0v) is 15.9. The summed E-state index contributed by atoms with van der Waals surface area (Å²) in [5.41, 5.74) is 1.78. The van der Waals surface area contributed by atoms with Gasteiger partial charge in [0.2, 0.25) is 10.0 Å². The first-order valence-corrected chi connectivity index (χ1v) is 9.97. The molecular weight excluding hydrogens is 352 g/mol. The number of rotatable bonds is 6. The maximum Gasteiger partial charge on any atom is 0.419 e. The third-order valence-electron chi connectivity index (χ3n) is 4.32. The van der Waals surface area contributed by atoms with Crippen molar-refractivity contribution in [3.63, 3.8) is 0 Å². The Morgan fingerprint density at radius 1 is 1.12 bits per heavy atom. The molecule has 0 unspecified atom stereocenters. The molecule has 3 rings (SSSR count). The molecule has 1 aromatic heterocycles. The van der Waals surface area contributed by atoms with Gasteiger partial charge in [-0.1, -0.05) is 30.3 Å². The molecule has 0 saturated carbocycles. The molecule has 0 N–H and O–H groups in total. The highest BCUT2D eigenvalue weighted by Gasteiger charge is 2.28. The molecule has 1 heterocycles. The van der Waals surface area contributed by atoms with Gasteiger partial charge in [-0.25, -0.2) is 13.2 Å².